The van der Waals surface area contributed by atoms with E-state index in [0.29, 0.717) is 0 Å². The van der Waals surface area contributed by atoms with Crippen LogP contribution >= 0.6 is 7.92 Å². The minimum absolute atomic E-state index is 0.0435. The fraction of sp³-hybridized carbons (Fsp3) is 0.381. The van der Waals surface area contributed by atoms with Crippen molar-refractivity contribution in [3.05, 3.63) is 54.1 Å². The minimum Gasteiger partial charge on any atom is -0.497 e. The van der Waals surface area contributed by atoms with E-state index in [1.54, 1.807) is 7.11 Å². The Hall–Kier alpha value is -2.06. The van der Waals surface area contributed by atoms with E-state index in [1.165, 1.54) is 5.30 Å². The fourth-order valence-electron chi connectivity index (χ4n) is 3.70. The molecule has 0 saturated carbocycles. The molecule has 0 amide bonds. The summed E-state index contributed by atoms with van der Waals surface area (Å²) < 4.78 is 5.25. The van der Waals surface area contributed by atoms with Crippen molar-refractivity contribution in [2.75, 3.05) is 12.0 Å². The molecule has 2 aromatic carbocycles. The van der Waals surface area contributed by atoms with Crippen LogP contribution in [-0.4, -0.2) is 29.1 Å². The predicted octanol–water partition coefficient (Wildman–Crippen LogP) is 4.59. The molecule has 0 fully saturated rings. The molecule has 138 valence electrons. The van der Waals surface area contributed by atoms with Crippen molar-refractivity contribution in [3.8, 4) is 5.75 Å². The zero-order valence-corrected chi connectivity index (χ0v) is 16.8. The maximum atomic E-state index is 12.3. The van der Waals surface area contributed by atoms with Crippen LogP contribution < -0.4 is 14.9 Å². The van der Waals surface area contributed by atoms with Crippen molar-refractivity contribution < 1.29 is 14.6 Å². The van der Waals surface area contributed by atoms with E-state index >= 15 is 0 Å². The molecule has 4 nitrogen and oxygen atoms in total. The van der Waals surface area contributed by atoms with Crippen LogP contribution in [0.2, 0.25) is 0 Å². The predicted molar refractivity (Wildman–Crippen MR) is 108 cm³/mol. The number of rotatable bonds is 4. The van der Waals surface area contributed by atoms with E-state index < -0.39 is 19.7 Å². The Bertz CT molecular complexity index is 798. The number of hydrogen-bond acceptors (Lipinski definition) is 3. The maximum Gasteiger partial charge on any atom is 0.331 e. The van der Waals surface area contributed by atoms with E-state index in [4.69, 9.17) is 4.74 Å². The molecule has 3 atom stereocenters. The third kappa shape index (κ3) is 3.19. The van der Waals surface area contributed by atoms with E-state index in [0.717, 1.165) is 17.0 Å². The summed E-state index contributed by atoms with van der Waals surface area (Å²) in [4.78, 5) is 14.4. The summed E-state index contributed by atoms with van der Waals surface area (Å²) >= 11 is 0. The van der Waals surface area contributed by atoms with Crippen molar-refractivity contribution in [2.45, 2.75) is 44.7 Å². The molecule has 2 aromatic rings. The zero-order chi connectivity index (χ0) is 19.1. The number of ether oxygens (including phenoxy) is 1. The first-order valence-corrected chi connectivity index (χ1v) is 10.2. The average molecular weight is 371 g/mol. The molecule has 26 heavy (non-hydrogen) atoms. The highest BCUT2D eigenvalue weighted by atomic mass is 31.1. The number of fused-ring (bicyclic) bond motifs is 1. The van der Waals surface area contributed by atoms with Gasteiger partial charge < -0.3 is 14.7 Å². The van der Waals surface area contributed by atoms with E-state index in [-0.39, 0.29) is 11.2 Å². The highest BCUT2D eigenvalue weighted by Gasteiger charge is 2.49. The van der Waals surface area contributed by atoms with Crippen LogP contribution in [0.25, 0.3) is 0 Å². The number of benzene rings is 2. The normalized spacial score (nSPS) is 20.6. The van der Waals surface area contributed by atoms with Gasteiger partial charge in [0.25, 0.3) is 0 Å². The Morgan fingerprint density at radius 2 is 1.77 bits per heavy atom. The molecular weight excluding hydrogens is 345 g/mol. The van der Waals surface area contributed by atoms with Gasteiger partial charge in [-0.15, -0.1) is 0 Å². The molecule has 1 unspecified atom stereocenters. The topological polar surface area (TPSA) is 49.8 Å². The average Bonchev–Trinajstić information content (AvgIpc) is 2.97. The molecule has 1 N–H and O–H groups in total. The molecule has 0 aromatic heterocycles. The molecule has 5 heteroatoms. The summed E-state index contributed by atoms with van der Waals surface area (Å²) in [5.74, 6) is -0.475. The highest BCUT2D eigenvalue weighted by Crippen LogP contribution is 2.61. The summed E-state index contributed by atoms with van der Waals surface area (Å²) in [5, 5.41) is 11.2. The number of para-hydroxylation sites is 1. The summed E-state index contributed by atoms with van der Waals surface area (Å²) in [6.45, 7) is 8.52. The SMILES string of the molecule is COc1ccc([C@H](C)N2c3ccccc3P(C(C)(C)C)[C@@H]2C(=O)O)cc1. The number of carboxylic acids is 1. The Morgan fingerprint density at radius 3 is 2.31 bits per heavy atom. The quantitative estimate of drug-likeness (QED) is 0.799. The maximum absolute atomic E-state index is 12.3. The summed E-state index contributed by atoms with van der Waals surface area (Å²) in [6, 6.07) is 16.0. The lowest BCUT2D eigenvalue weighted by Crippen LogP contribution is -2.40. The fourth-order valence-corrected chi connectivity index (χ4v) is 6.89. The van der Waals surface area contributed by atoms with Crippen LogP contribution in [0.4, 0.5) is 5.69 Å². The van der Waals surface area contributed by atoms with E-state index in [9.17, 15) is 9.90 Å². The van der Waals surface area contributed by atoms with Crippen LogP contribution in [0, 0.1) is 0 Å². The molecule has 1 aliphatic heterocycles. The van der Waals surface area contributed by atoms with Gasteiger partial charge in [0, 0.05) is 11.0 Å². The van der Waals surface area contributed by atoms with E-state index in [1.807, 2.05) is 36.4 Å². The van der Waals surface area contributed by atoms with Gasteiger partial charge in [-0.3, -0.25) is 0 Å². The van der Waals surface area contributed by atoms with Gasteiger partial charge in [0.2, 0.25) is 0 Å². The van der Waals surface area contributed by atoms with Gasteiger partial charge >= 0.3 is 5.97 Å². The van der Waals surface area contributed by atoms with Gasteiger partial charge in [0.05, 0.1) is 13.2 Å². The summed E-state index contributed by atoms with van der Waals surface area (Å²) in [5.41, 5.74) is 2.13. The molecule has 3 rings (SSSR count). The molecule has 0 bridgehead atoms. The number of nitrogens with zero attached hydrogens (tertiary/aromatic N) is 1. The van der Waals surface area contributed by atoms with Crippen molar-refractivity contribution in [1.82, 2.24) is 0 Å². The van der Waals surface area contributed by atoms with Crippen LogP contribution in [0.3, 0.4) is 0 Å². The van der Waals surface area contributed by atoms with Crippen LogP contribution in [-0.2, 0) is 4.79 Å². The molecule has 0 spiro atoms. The zero-order valence-electron chi connectivity index (χ0n) is 15.9. The van der Waals surface area contributed by atoms with Crippen LogP contribution in [0.15, 0.2) is 48.5 Å². The third-order valence-electron chi connectivity index (χ3n) is 4.89. The van der Waals surface area contributed by atoms with Gasteiger partial charge in [0.1, 0.15) is 5.75 Å². The number of carbonyl (C=O) groups is 1. The summed E-state index contributed by atoms with van der Waals surface area (Å²) in [7, 11) is 0.770. The lowest BCUT2D eigenvalue weighted by atomic mass is 10.1. The largest absolute Gasteiger partial charge is 0.497 e. The molecular formula is C21H26NO3P. The van der Waals surface area contributed by atoms with Gasteiger partial charge in [-0.2, -0.15) is 0 Å². The van der Waals surface area contributed by atoms with Gasteiger partial charge in [-0.1, -0.05) is 51.1 Å². The molecule has 1 heterocycles. The molecule has 1 aliphatic rings. The lowest BCUT2D eigenvalue weighted by molar-refractivity contribution is -0.136. The minimum atomic E-state index is -0.875. The Labute approximate surface area is 156 Å². The smallest absolute Gasteiger partial charge is 0.331 e. The Kier molecular flexibility index (Phi) is 4.98. The standard InChI is InChI=1S/C21H26NO3P/c1-14(15-10-12-16(25-5)13-11-15)22-17-8-6-7-9-18(17)26(21(2,3)4)19(22)20(23)24/h6-14,19H,1-5H3,(H,23,24)/t14-,19+,26?/m0/s1. The van der Waals surface area contributed by atoms with Gasteiger partial charge in [-0.05, 0) is 43.8 Å². The monoisotopic (exact) mass is 371 g/mol. The molecule has 0 aliphatic carbocycles. The first-order chi connectivity index (χ1) is 12.3. The lowest BCUT2D eigenvalue weighted by Gasteiger charge is -2.37. The summed E-state index contributed by atoms with van der Waals surface area (Å²) in [6.07, 6.45) is 0. The number of aliphatic carboxylic acids is 1. The second kappa shape index (κ2) is 6.92. The second-order valence-electron chi connectivity index (χ2n) is 7.60. The van der Waals surface area contributed by atoms with Crippen LogP contribution in [0.1, 0.15) is 39.3 Å². The number of hydrogen-bond donors (Lipinski definition) is 1. The third-order valence-corrected chi connectivity index (χ3v) is 8.19. The Morgan fingerprint density at radius 1 is 1.15 bits per heavy atom. The number of carboxylic acid groups (broad SMARTS) is 1. The van der Waals surface area contributed by atoms with Crippen molar-refractivity contribution in [1.29, 1.82) is 0 Å². The molecule has 0 saturated heterocycles. The first kappa shape index (κ1) is 18.7. The van der Waals surface area contributed by atoms with Crippen molar-refractivity contribution >= 4 is 24.9 Å². The molecule has 0 radical (unpaired) electrons. The Balaban J connectivity index is 2.10. The van der Waals surface area contributed by atoms with Gasteiger partial charge in [-0.25, -0.2) is 4.79 Å². The number of anilines is 1. The second-order valence-corrected chi connectivity index (χ2v) is 10.7. The number of methoxy groups -OCH3 is 1. The van der Waals surface area contributed by atoms with Gasteiger partial charge in [0.15, 0.2) is 5.78 Å². The van der Waals surface area contributed by atoms with Crippen molar-refractivity contribution in [3.63, 3.8) is 0 Å². The van der Waals surface area contributed by atoms with E-state index in [2.05, 4.69) is 44.7 Å². The highest BCUT2D eigenvalue weighted by molar-refractivity contribution is 7.69. The van der Waals surface area contributed by atoms with Crippen molar-refractivity contribution in [2.24, 2.45) is 0 Å². The van der Waals surface area contributed by atoms with Crippen LogP contribution in [0.5, 0.6) is 5.75 Å². The first-order valence-electron chi connectivity index (χ1n) is 8.79.